The first-order chi connectivity index (χ1) is 9.77. The Kier molecular flexibility index (Phi) is 5.48. The second kappa shape index (κ2) is 7.59. The van der Waals surface area contributed by atoms with Gasteiger partial charge in [-0.05, 0) is 37.0 Å². The highest BCUT2D eigenvalue weighted by molar-refractivity contribution is 5.69. The summed E-state index contributed by atoms with van der Waals surface area (Å²) in [5.41, 5.74) is 3.90. The fourth-order valence-corrected chi connectivity index (χ4v) is 2.33. The summed E-state index contributed by atoms with van der Waals surface area (Å²) in [5.74, 6) is 0. The van der Waals surface area contributed by atoms with Crippen molar-refractivity contribution in [3.63, 3.8) is 0 Å². The van der Waals surface area contributed by atoms with Crippen LogP contribution in [0.2, 0.25) is 0 Å². The van der Waals surface area contributed by atoms with Crippen molar-refractivity contribution < 1.29 is 0 Å². The van der Waals surface area contributed by atoms with Crippen LogP contribution in [0.1, 0.15) is 18.4 Å². The van der Waals surface area contributed by atoms with E-state index in [4.69, 9.17) is 0 Å². The van der Waals surface area contributed by atoms with E-state index in [9.17, 15) is 0 Å². The number of hydrogen-bond donors (Lipinski definition) is 1. The van der Waals surface area contributed by atoms with Crippen LogP contribution < -0.4 is 10.2 Å². The van der Waals surface area contributed by atoms with Crippen molar-refractivity contribution >= 4 is 11.4 Å². The third-order valence-electron chi connectivity index (χ3n) is 3.44. The Morgan fingerprint density at radius 1 is 0.850 bits per heavy atom. The van der Waals surface area contributed by atoms with Crippen LogP contribution in [0.25, 0.3) is 0 Å². The molecule has 106 valence electrons. The molecule has 2 nitrogen and oxygen atoms in total. The first-order valence-corrected chi connectivity index (χ1v) is 7.31. The summed E-state index contributed by atoms with van der Waals surface area (Å²) in [7, 11) is 4.16. The smallest absolute Gasteiger partial charge is 0.0596 e. The summed E-state index contributed by atoms with van der Waals surface area (Å²) in [6.45, 7) is 1.03. The maximum atomic E-state index is 3.54. The molecule has 2 heteroatoms. The van der Waals surface area contributed by atoms with Crippen LogP contribution in [0.3, 0.4) is 0 Å². The summed E-state index contributed by atoms with van der Waals surface area (Å²) in [6.07, 6.45) is 3.58. The third kappa shape index (κ3) is 4.30. The van der Waals surface area contributed by atoms with E-state index >= 15 is 0 Å². The lowest BCUT2D eigenvalue weighted by molar-refractivity contribution is 0.763. The van der Waals surface area contributed by atoms with Crippen LogP contribution >= 0.6 is 0 Å². The van der Waals surface area contributed by atoms with Gasteiger partial charge in [-0.2, -0.15) is 0 Å². The van der Waals surface area contributed by atoms with Gasteiger partial charge < -0.3 is 10.2 Å². The first-order valence-electron chi connectivity index (χ1n) is 7.31. The average Bonchev–Trinajstić information content (AvgIpc) is 2.48. The topological polar surface area (TPSA) is 15.3 Å². The molecule has 2 aromatic carbocycles. The van der Waals surface area contributed by atoms with Gasteiger partial charge in [-0.15, -0.1) is 0 Å². The van der Waals surface area contributed by atoms with Crippen molar-refractivity contribution in [3.05, 3.63) is 60.2 Å². The van der Waals surface area contributed by atoms with Gasteiger partial charge >= 0.3 is 0 Å². The number of nitrogens with one attached hydrogen (secondary N) is 1. The highest BCUT2D eigenvalue weighted by atomic mass is 15.1. The van der Waals surface area contributed by atoms with Gasteiger partial charge in [-0.3, -0.25) is 0 Å². The Balaban J connectivity index is 1.74. The maximum Gasteiger partial charge on any atom is 0.0596 e. The quantitative estimate of drug-likeness (QED) is 0.758. The summed E-state index contributed by atoms with van der Waals surface area (Å²) in [5, 5.41) is 3.54. The van der Waals surface area contributed by atoms with E-state index in [1.165, 1.54) is 29.8 Å². The minimum atomic E-state index is 1.03. The van der Waals surface area contributed by atoms with Crippen LogP contribution in [0.5, 0.6) is 0 Å². The number of benzene rings is 2. The van der Waals surface area contributed by atoms with E-state index in [1.807, 2.05) is 0 Å². The van der Waals surface area contributed by atoms with E-state index in [-0.39, 0.29) is 0 Å². The van der Waals surface area contributed by atoms with Crippen molar-refractivity contribution in [1.29, 1.82) is 0 Å². The number of aryl methyl sites for hydroxylation is 1. The third-order valence-corrected chi connectivity index (χ3v) is 3.44. The van der Waals surface area contributed by atoms with Gasteiger partial charge in [0.2, 0.25) is 0 Å². The number of anilines is 2. The Morgan fingerprint density at radius 2 is 1.55 bits per heavy atom. The molecule has 0 aliphatic heterocycles. The number of hydrogen-bond acceptors (Lipinski definition) is 2. The fraction of sp³-hybridized carbons (Fsp3) is 0.333. The van der Waals surface area contributed by atoms with Gasteiger partial charge in [0.15, 0.2) is 0 Å². The summed E-state index contributed by atoms with van der Waals surface area (Å²) < 4.78 is 0. The molecule has 0 amide bonds. The Morgan fingerprint density at radius 3 is 2.30 bits per heavy atom. The molecule has 0 fully saturated rings. The second-order valence-electron chi connectivity index (χ2n) is 5.28. The van der Waals surface area contributed by atoms with Gasteiger partial charge in [0.1, 0.15) is 0 Å². The molecule has 0 saturated carbocycles. The fourth-order valence-electron chi connectivity index (χ4n) is 2.33. The van der Waals surface area contributed by atoms with Crippen LogP contribution in [-0.4, -0.2) is 20.6 Å². The molecule has 1 N–H and O–H groups in total. The Hall–Kier alpha value is -1.96. The van der Waals surface area contributed by atoms with Crippen molar-refractivity contribution in [2.24, 2.45) is 0 Å². The van der Waals surface area contributed by atoms with Crippen molar-refractivity contribution in [1.82, 2.24) is 0 Å². The van der Waals surface area contributed by atoms with E-state index in [0.29, 0.717) is 0 Å². The molecule has 0 spiro atoms. The van der Waals surface area contributed by atoms with E-state index in [0.717, 1.165) is 13.0 Å². The highest BCUT2D eigenvalue weighted by Gasteiger charge is 2.02. The number of unbranched alkanes of at least 4 members (excludes halogenated alkanes) is 1. The van der Waals surface area contributed by atoms with Gasteiger partial charge in [0.25, 0.3) is 0 Å². The molecule has 0 atom stereocenters. The predicted octanol–water partition coefficient (Wildman–Crippen LogP) is 4.19. The molecule has 0 heterocycles. The predicted molar refractivity (Wildman–Crippen MR) is 88.6 cm³/mol. The molecule has 2 rings (SSSR count). The van der Waals surface area contributed by atoms with E-state index < -0.39 is 0 Å². The SMILES string of the molecule is CN(C)c1ccccc1NCCCCc1ccccc1. The van der Waals surface area contributed by atoms with Crippen LogP contribution in [0.4, 0.5) is 11.4 Å². The normalized spacial score (nSPS) is 10.3. The maximum absolute atomic E-state index is 3.54. The lowest BCUT2D eigenvalue weighted by Gasteiger charge is -2.18. The van der Waals surface area contributed by atoms with E-state index in [1.54, 1.807) is 0 Å². The van der Waals surface area contributed by atoms with Crippen LogP contribution in [-0.2, 0) is 6.42 Å². The zero-order valence-electron chi connectivity index (χ0n) is 12.5. The molecule has 2 aromatic rings. The zero-order chi connectivity index (χ0) is 14.2. The Labute approximate surface area is 122 Å². The second-order valence-corrected chi connectivity index (χ2v) is 5.28. The molecule has 0 aromatic heterocycles. The lowest BCUT2D eigenvalue weighted by Crippen LogP contribution is -2.12. The highest BCUT2D eigenvalue weighted by Crippen LogP contribution is 2.23. The van der Waals surface area contributed by atoms with Crippen LogP contribution in [0.15, 0.2) is 54.6 Å². The molecule has 20 heavy (non-hydrogen) atoms. The van der Waals surface area contributed by atoms with E-state index in [2.05, 4.69) is 78.9 Å². The number of para-hydroxylation sites is 2. The molecule has 0 aliphatic carbocycles. The monoisotopic (exact) mass is 268 g/mol. The van der Waals surface area contributed by atoms with Gasteiger partial charge in [-0.1, -0.05) is 42.5 Å². The Bertz CT molecular complexity index is 506. The molecule has 0 radical (unpaired) electrons. The van der Waals surface area contributed by atoms with Crippen molar-refractivity contribution in [2.45, 2.75) is 19.3 Å². The molecule has 0 bridgehead atoms. The molecule has 0 unspecified atom stereocenters. The molecule has 0 aliphatic rings. The molecular weight excluding hydrogens is 244 g/mol. The lowest BCUT2D eigenvalue weighted by atomic mass is 10.1. The molecular formula is C18H24N2. The van der Waals surface area contributed by atoms with Crippen molar-refractivity contribution in [3.8, 4) is 0 Å². The van der Waals surface area contributed by atoms with Gasteiger partial charge in [0, 0.05) is 20.6 Å². The minimum absolute atomic E-state index is 1.03. The zero-order valence-corrected chi connectivity index (χ0v) is 12.5. The first kappa shape index (κ1) is 14.4. The standard InChI is InChI=1S/C18H24N2/c1-20(2)18-14-7-6-13-17(18)19-15-9-8-12-16-10-4-3-5-11-16/h3-7,10-11,13-14,19H,8-9,12,15H2,1-2H3. The van der Waals surface area contributed by atoms with Gasteiger partial charge in [-0.25, -0.2) is 0 Å². The minimum Gasteiger partial charge on any atom is -0.383 e. The van der Waals surface area contributed by atoms with Crippen molar-refractivity contribution in [2.75, 3.05) is 30.9 Å². The van der Waals surface area contributed by atoms with Crippen LogP contribution in [0, 0.1) is 0 Å². The largest absolute Gasteiger partial charge is 0.383 e. The average molecular weight is 268 g/mol. The summed E-state index contributed by atoms with van der Waals surface area (Å²) in [6, 6.07) is 19.2. The molecule has 0 saturated heterocycles. The van der Waals surface area contributed by atoms with Gasteiger partial charge in [0.05, 0.1) is 11.4 Å². The summed E-state index contributed by atoms with van der Waals surface area (Å²) >= 11 is 0. The number of rotatable bonds is 7. The summed E-state index contributed by atoms with van der Waals surface area (Å²) in [4.78, 5) is 2.15. The number of nitrogens with zero attached hydrogens (tertiary/aromatic N) is 1.